The predicted octanol–water partition coefficient (Wildman–Crippen LogP) is 1.30. The summed E-state index contributed by atoms with van der Waals surface area (Å²) in [5, 5.41) is 12.2. The minimum atomic E-state index is -0.748. The Hall–Kier alpha value is -1.70. The van der Waals surface area contributed by atoms with Crippen LogP contribution in [0.3, 0.4) is 0 Å². The number of fused-ring (bicyclic) bond motifs is 1. The molecule has 19 heavy (non-hydrogen) atoms. The first kappa shape index (κ1) is 13.7. The van der Waals surface area contributed by atoms with Crippen molar-refractivity contribution in [1.29, 1.82) is 0 Å². The molecular weight excluding hydrogens is 244 g/mol. The Kier molecular flexibility index (Phi) is 3.98. The highest BCUT2D eigenvalue weighted by Crippen LogP contribution is 2.48. The molecule has 0 aromatic rings. The van der Waals surface area contributed by atoms with E-state index in [2.05, 4.69) is 17.2 Å². The second-order valence-electron chi connectivity index (χ2n) is 5.34. The molecule has 0 aromatic carbocycles. The van der Waals surface area contributed by atoms with Gasteiger partial charge in [-0.05, 0) is 25.7 Å². The minimum absolute atomic E-state index is 0.117. The van der Waals surface area contributed by atoms with Crippen LogP contribution in [-0.2, 0) is 4.79 Å². The van der Waals surface area contributed by atoms with Crippen LogP contribution in [-0.4, -0.2) is 41.6 Å². The molecule has 104 valence electrons. The van der Waals surface area contributed by atoms with E-state index < -0.39 is 11.4 Å². The topological polar surface area (TPSA) is 69.6 Å². The molecule has 5 heteroatoms. The highest BCUT2D eigenvalue weighted by atomic mass is 16.4. The Balaban J connectivity index is 1.91. The Morgan fingerprint density at radius 1 is 1.53 bits per heavy atom. The summed E-state index contributed by atoms with van der Waals surface area (Å²) >= 11 is 0. The van der Waals surface area contributed by atoms with E-state index in [1.807, 2.05) is 0 Å². The van der Waals surface area contributed by atoms with Gasteiger partial charge in [0, 0.05) is 26.1 Å². The van der Waals surface area contributed by atoms with E-state index in [-0.39, 0.29) is 11.9 Å². The quantitative estimate of drug-likeness (QED) is 0.596. The molecule has 1 saturated carbocycles. The first-order chi connectivity index (χ1) is 9.10. The lowest BCUT2D eigenvalue weighted by molar-refractivity contribution is -0.149. The summed E-state index contributed by atoms with van der Waals surface area (Å²) in [5.74, 6) is 5.02. The molecule has 1 saturated heterocycles. The molecule has 5 nitrogen and oxygen atoms in total. The van der Waals surface area contributed by atoms with Gasteiger partial charge in [-0.1, -0.05) is 6.42 Å². The lowest BCUT2D eigenvalue weighted by atomic mass is 9.81. The van der Waals surface area contributed by atoms with E-state index in [1.54, 1.807) is 11.8 Å². The molecular formula is C14H20N2O3. The van der Waals surface area contributed by atoms with Crippen LogP contribution in [0.2, 0.25) is 0 Å². The molecule has 0 radical (unpaired) electrons. The summed E-state index contributed by atoms with van der Waals surface area (Å²) in [6, 6.07) is -0.159. The number of aliphatic carboxylic acids is 1. The van der Waals surface area contributed by atoms with Crippen LogP contribution in [0.5, 0.6) is 0 Å². The van der Waals surface area contributed by atoms with Crippen molar-refractivity contribution in [2.75, 3.05) is 19.6 Å². The SMILES string of the molecule is CC#CCCNC(=O)N1C[C@@H]2CCC[C@@]2(C(=O)O)C1. The summed E-state index contributed by atoms with van der Waals surface area (Å²) in [6.07, 6.45) is 3.19. The van der Waals surface area contributed by atoms with Gasteiger partial charge < -0.3 is 15.3 Å². The first-order valence-corrected chi connectivity index (χ1v) is 6.76. The van der Waals surface area contributed by atoms with E-state index >= 15 is 0 Å². The Morgan fingerprint density at radius 3 is 2.95 bits per heavy atom. The molecule has 2 aliphatic rings. The molecule has 1 aliphatic carbocycles. The number of carboxylic acids is 1. The van der Waals surface area contributed by atoms with Gasteiger partial charge in [-0.2, -0.15) is 0 Å². The molecule has 2 fully saturated rings. The third-order valence-electron chi connectivity index (χ3n) is 4.29. The fourth-order valence-corrected chi connectivity index (χ4v) is 3.26. The first-order valence-electron chi connectivity index (χ1n) is 6.76. The van der Waals surface area contributed by atoms with E-state index in [1.165, 1.54) is 0 Å². The number of carbonyl (C=O) groups is 2. The van der Waals surface area contributed by atoms with Crippen molar-refractivity contribution in [3.63, 3.8) is 0 Å². The zero-order chi connectivity index (χ0) is 13.9. The van der Waals surface area contributed by atoms with Crippen molar-refractivity contribution >= 4 is 12.0 Å². The van der Waals surface area contributed by atoms with Crippen molar-refractivity contribution in [2.45, 2.75) is 32.6 Å². The van der Waals surface area contributed by atoms with Crippen molar-refractivity contribution in [2.24, 2.45) is 11.3 Å². The molecule has 0 unspecified atom stereocenters. The number of likely N-dealkylation sites (tertiary alicyclic amines) is 1. The van der Waals surface area contributed by atoms with Gasteiger partial charge in [0.25, 0.3) is 0 Å². The number of carbonyl (C=O) groups excluding carboxylic acids is 1. The van der Waals surface area contributed by atoms with Crippen molar-refractivity contribution in [1.82, 2.24) is 10.2 Å². The standard InChI is InChI=1S/C14H20N2O3/c1-2-3-4-8-15-13(19)16-9-11-6-5-7-14(11,10-16)12(17)18/h11H,4-10H2,1H3,(H,15,19)(H,17,18)/t11-,14+/m0/s1. The molecule has 2 N–H and O–H groups in total. The second-order valence-corrected chi connectivity index (χ2v) is 5.34. The number of urea groups is 1. The van der Waals surface area contributed by atoms with Gasteiger partial charge in [-0.25, -0.2) is 4.79 Å². The van der Waals surface area contributed by atoms with Crippen LogP contribution in [0.25, 0.3) is 0 Å². The van der Waals surface area contributed by atoms with Gasteiger partial charge in [0.2, 0.25) is 0 Å². The highest BCUT2D eigenvalue weighted by Gasteiger charge is 2.55. The van der Waals surface area contributed by atoms with E-state index in [4.69, 9.17) is 0 Å². The average Bonchev–Trinajstić information content (AvgIpc) is 2.91. The summed E-state index contributed by atoms with van der Waals surface area (Å²) in [7, 11) is 0. The molecule has 2 amide bonds. The molecule has 2 rings (SSSR count). The molecule has 0 aromatic heterocycles. The number of hydrogen-bond donors (Lipinski definition) is 2. The molecule has 2 atom stereocenters. The lowest BCUT2D eigenvalue weighted by Gasteiger charge is -2.23. The van der Waals surface area contributed by atoms with E-state index in [0.29, 0.717) is 32.5 Å². The third kappa shape index (κ3) is 2.53. The summed E-state index contributed by atoms with van der Waals surface area (Å²) < 4.78 is 0. The molecule has 1 heterocycles. The molecule has 0 bridgehead atoms. The van der Waals surface area contributed by atoms with Gasteiger partial charge in [-0.3, -0.25) is 4.79 Å². The largest absolute Gasteiger partial charge is 0.481 e. The summed E-state index contributed by atoms with van der Waals surface area (Å²) in [4.78, 5) is 25.1. The fourth-order valence-electron chi connectivity index (χ4n) is 3.26. The lowest BCUT2D eigenvalue weighted by Crippen LogP contribution is -2.41. The maximum Gasteiger partial charge on any atom is 0.317 e. The summed E-state index contributed by atoms with van der Waals surface area (Å²) in [5.41, 5.74) is -0.694. The van der Waals surface area contributed by atoms with Gasteiger partial charge in [0.05, 0.1) is 5.41 Å². The number of rotatable bonds is 3. The monoisotopic (exact) mass is 264 g/mol. The van der Waals surface area contributed by atoms with Crippen LogP contribution in [0.15, 0.2) is 0 Å². The number of amides is 2. The van der Waals surface area contributed by atoms with Gasteiger partial charge >= 0.3 is 12.0 Å². The van der Waals surface area contributed by atoms with Crippen LogP contribution in [0, 0.1) is 23.2 Å². The number of carboxylic acid groups (broad SMARTS) is 1. The minimum Gasteiger partial charge on any atom is -0.481 e. The normalized spacial score (nSPS) is 28.5. The van der Waals surface area contributed by atoms with Crippen LogP contribution in [0.1, 0.15) is 32.6 Å². The predicted molar refractivity (Wildman–Crippen MR) is 70.4 cm³/mol. The van der Waals surface area contributed by atoms with E-state index in [0.717, 1.165) is 12.8 Å². The maximum atomic E-state index is 12.0. The highest BCUT2D eigenvalue weighted by molar-refractivity contribution is 5.80. The fraction of sp³-hybridized carbons (Fsp3) is 0.714. The zero-order valence-electron chi connectivity index (χ0n) is 11.2. The zero-order valence-corrected chi connectivity index (χ0v) is 11.2. The molecule has 0 spiro atoms. The number of nitrogens with one attached hydrogen (secondary N) is 1. The Bertz CT molecular complexity index is 438. The van der Waals surface area contributed by atoms with E-state index in [9.17, 15) is 14.7 Å². The Labute approximate surface area is 113 Å². The van der Waals surface area contributed by atoms with Crippen LogP contribution >= 0.6 is 0 Å². The number of nitrogens with zero attached hydrogens (tertiary/aromatic N) is 1. The van der Waals surface area contributed by atoms with Gasteiger partial charge in [-0.15, -0.1) is 11.8 Å². The van der Waals surface area contributed by atoms with Crippen LogP contribution in [0.4, 0.5) is 4.79 Å². The average molecular weight is 264 g/mol. The van der Waals surface area contributed by atoms with Gasteiger partial charge in [0.15, 0.2) is 0 Å². The van der Waals surface area contributed by atoms with Crippen molar-refractivity contribution in [3.8, 4) is 11.8 Å². The van der Waals surface area contributed by atoms with Crippen molar-refractivity contribution < 1.29 is 14.7 Å². The van der Waals surface area contributed by atoms with Crippen LogP contribution < -0.4 is 5.32 Å². The maximum absolute atomic E-state index is 12.0. The smallest absolute Gasteiger partial charge is 0.317 e. The number of hydrogen-bond acceptors (Lipinski definition) is 2. The summed E-state index contributed by atoms with van der Waals surface area (Å²) in [6.45, 7) is 3.19. The van der Waals surface area contributed by atoms with Crippen molar-refractivity contribution in [3.05, 3.63) is 0 Å². The Morgan fingerprint density at radius 2 is 2.32 bits per heavy atom. The third-order valence-corrected chi connectivity index (χ3v) is 4.29. The second kappa shape index (κ2) is 5.52. The molecule has 1 aliphatic heterocycles. The van der Waals surface area contributed by atoms with Gasteiger partial charge in [0.1, 0.15) is 0 Å².